The fraction of sp³-hybridized carbons (Fsp3) is 0.625. The molecule has 0 aliphatic carbocycles. The van der Waals surface area contributed by atoms with Gasteiger partial charge in [-0.2, -0.15) is 0 Å². The summed E-state index contributed by atoms with van der Waals surface area (Å²) in [6.45, 7) is 8.41. The zero-order valence-electron chi connectivity index (χ0n) is 12.3. The maximum atomic E-state index is 6.32. The summed E-state index contributed by atoms with van der Waals surface area (Å²) in [6, 6.07) is 10.0. The lowest BCUT2D eigenvalue weighted by Crippen LogP contribution is -2.34. The predicted molar refractivity (Wildman–Crippen MR) is 79.1 cm³/mol. The molecule has 108 valence electrons. The Hall–Kier alpha value is -0.900. The molecule has 0 aliphatic rings. The van der Waals surface area contributed by atoms with Crippen LogP contribution in [0.15, 0.2) is 30.3 Å². The Morgan fingerprint density at radius 3 is 2.32 bits per heavy atom. The van der Waals surface area contributed by atoms with E-state index in [1.54, 1.807) is 0 Å². The maximum absolute atomic E-state index is 6.32. The van der Waals surface area contributed by atoms with E-state index >= 15 is 0 Å². The quantitative estimate of drug-likeness (QED) is 0.698. The first-order valence-corrected chi connectivity index (χ1v) is 7.16. The fourth-order valence-corrected chi connectivity index (χ4v) is 2.07. The van der Waals surface area contributed by atoms with Crippen LogP contribution >= 0.6 is 0 Å². The van der Waals surface area contributed by atoms with Gasteiger partial charge in [-0.1, -0.05) is 51.1 Å². The Kier molecular flexibility index (Phi) is 7.72. The lowest BCUT2D eigenvalue weighted by molar-refractivity contribution is -0.0269. The SMILES string of the molecule is CCCOCCOC(C(C)C)C(N)c1ccccc1. The summed E-state index contributed by atoms with van der Waals surface area (Å²) < 4.78 is 11.3. The van der Waals surface area contributed by atoms with E-state index in [0.29, 0.717) is 19.1 Å². The number of rotatable bonds is 9. The van der Waals surface area contributed by atoms with Crippen molar-refractivity contribution < 1.29 is 9.47 Å². The van der Waals surface area contributed by atoms with Crippen LogP contribution in [0.4, 0.5) is 0 Å². The first-order chi connectivity index (χ1) is 9.16. The summed E-state index contributed by atoms with van der Waals surface area (Å²) in [7, 11) is 0. The second-order valence-electron chi connectivity index (χ2n) is 5.13. The molecule has 3 heteroatoms. The number of nitrogens with two attached hydrogens (primary N) is 1. The second kappa shape index (κ2) is 9.08. The lowest BCUT2D eigenvalue weighted by atomic mass is 9.94. The Balaban J connectivity index is 2.48. The molecule has 0 amide bonds. The summed E-state index contributed by atoms with van der Waals surface area (Å²) in [5.41, 5.74) is 7.44. The molecule has 2 N–H and O–H groups in total. The Morgan fingerprint density at radius 2 is 1.74 bits per heavy atom. The van der Waals surface area contributed by atoms with E-state index in [9.17, 15) is 0 Å². The van der Waals surface area contributed by atoms with Gasteiger partial charge in [-0.3, -0.25) is 0 Å². The van der Waals surface area contributed by atoms with Crippen molar-refractivity contribution in [2.75, 3.05) is 19.8 Å². The van der Waals surface area contributed by atoms with Gasteiger partial charge in [0.1, 0.15) is 0 Å². The Morgan fingerprint density at radius 1 is 1.05 bits per heavy atom. The van der Waals surface area contributed by atoms with Crippen molar-refractivity contribution >= 4 is 0 Å². The van der Waals surface area contributed by atoms with E-state index in [-0.39, 0.29) is 12.1 Å². The van der Waals surface area contributed by atoms with E-state index in [1.807, 2.05) is 18.2 Å². The number of hydrogen-bond acceptors (Lipinski definition) is 3. The minimum Gasteiger partial charge on any atom is -0.379 e. The maximum Gasteiger partial charge on any atom is 0.0791 e. The average molecular weight is 265 g/mol. The van der Waals surface area contributed by atoms with Gasteiger partial charge in [0.15, 0.2) is 0 Å². The van der Waals surface area contributed by atoms with E-state index < -0.39 is 0 Å². The third-order valence-electron chi connectivity index (χ3n) is 3.08. The van der Waals surface area contributed by atoms with Crippen molar-refractivity contribution in [2.24, 2.45) is 11.7 Å². The van der Waals surface area contributed by atoms with Crippen LogP contribution in [0.2, 0.25) is 0 Å². The average Bonchev–Trinajstić information content (AvgIpc) is 2.43. The highest BCUT2D eigenvalue weighted by molar-refractivity contribution is 5.19. The molecule has 0 radical (unpaired) electrons. The van der Waals surface area contributed by atoms with Crippen molar-refractivity contribution in [1.82, 2.24) is 0 Å². The molecule has 0 saturated heterocycles. The Bertz CT molecular complexity index is 327. The molecular formula is C16H27NO2. The molecular weight excluding hydrogens is 238 g/mol. The molecule has 0 bridgehead atoms. The van der Waals surface area contributed by atoms with Gasteiger partial charge in [0, 0.05) is 6.61 Å². The van der Waals surface area contributed by atoms with E-state index in [1.165, 1.54) is 0 Å². The molecule has 0 spiro atoms. The van der Waals surface area contributed by atoms with Gasteiger partial charge in [0.25, 0.3) is 0 Å². The fourth-order valence-electron chi connectivity index (χ4n) is 2.07. The van der Waals surface area contributed by atoms with Gasteiger partial charge in [0.2, 0.25) is 0 Å². The van der Waals surface area contributed by atoms with Crippen LogP contribution in [0.25, 0.3) is 0 Å². The van der Waals surface area contributed by atoms with Crippen LogP contribution in [0.5, 0.6) is 0 Å². The largest absolute Gasteiger partial charge is 0.379 e. The van der Waals surface area contributed by atoms with Gasteiger partial charge < -0.3 is 15.2 Å². The molecule has 1 aromatic rings. The second-order valence-corrected chi connectivity index (χ2v) is 5.13. The molecule has 0 aromatic heterocycles. The number of hydrogen-bond donors (Lipinski definition) is 1. The molecule has 0 fully saturated rings. The molecule has 1 aromatic carbocycles. The van der Waals surface area contributed by atoms with Gasteiger partial charge in [0.05, 0.1) is 25.4 Å². The summed E-state index contributed by atoms with van der Waals surface area (Å²) in [6.07, 6.45) is 1.06. The standard InChI is InChI=1S/C16H27NO2/c1-4-10-18-11-12-19-16(13(2)3)15(17)14-8-6-5-7-9-14/h5-9,13,15-16H,4,10-12,17H2,1-3H3. The van der Waals surface area contributed by atoms with Crippen LogP contribution in [-0.4, -0.2) is 25.9 Å². The highest BCUT2D eigenvalue weighted by atomic mass is 16.5. The zero-order valence-corrected chi connectivity index (χ0v) is 12.3. The van der Waals surface area contributed by atoms with Crippen molar-refractivity contribution in [2.45, 2.75) is 39.3 Å². The van der Waals surface area contributed by atoms with Crippen LogP contribution in [0.3, 0.4) is 0 Å². The summed E-state index contributed by atoms with van der Waals surface area (Å²) >= 11 is 0. The molecule has 2 unspecified atom stereocenters. The van der Waals surface area contributed by atoms with Crippen molar-refractivity contribution in [3.8, 4) is 0 Å². The summed E-state index contributed by atoms with van der Waals surface area (Å²) in [5.74, 6) is 0.376. The van der Waals surface area contributed by atoms with Crippen LogP contribution < -0.4 is 5.73 Å². The van der Waals surface area contributed by atoms with E-state index in [4.69, 9.17) is 15.2 Å². The zero-order chi connectivity index (χ0) is 14.1. The Labute approximate surface area is 117 Å². The van der Waals surface area contributed by atoms with Crippen LogP contribution in [-0.2, 0) is 9.47 Å². The molecule has 0 heterocycles. The first-order valence-electron chi connectivity index (χ1n) is 7.16. The summed E-state index contributed by atoms with van der Waals surface area (Å²) in [5, 5.41) is 0. The molecule has 0 aliphatic heterocycles. The summed E-state index contributed by atoms with van der Waals surface area (Å²) in [4.78, 5) is 0. The monoisotopic (exact) mass is 265 g/mol. The highest BCUT2D eigenvalue weighted by Gasteiger charge is 2.23. The molecule has 19 heavy (non-hydrogen) atoms. The first kappa shape index (κ1) is 16.2. The lowest BCUT2D eigenvalue weighted by Gasteiger charge is -2.28. The number of benzene rings is 1. The van der Waals surface area contributed by atoms with Crippen molar-refractivity contribution in [3.05, 3.63) is 35.9 Å². The van der Waals surface area contributed by atoms with Crippen molar-refractivity contribution in [1.29, 1.82) is 0 Å². The van der Waals surface area contributed by atoms with E-state index in [2.05, 4.69) is 32.9 Å². The van der Waals surface area contributed by atoms with Gasteiger partial charge in [-0.05, 0) is 17.9 Å². The normalized spacial score (nSPS) is 14.6. The topological polar surface area (TPSA) is 44.5 Å². The minimum absolute atomic E-state index is 0.0210. The van der Waals surface area contributed by atoms with E-state index in [0.717, 1.165) is 18.6 Å². The minimum atomic E-state index is -0.0904. The van der Waals surface area contributed by atoms with Crippen LogP contribution in [0.1, 0.15) is 38.8 Å². The van der Waals surface area contributed by atoms with Crippen LogP contribution in [0, 0.1) is 5.92 Å². The van der Waals surface area contributed by atoms with Gasteiger partial charge in [-0.15, -0.1) is 0 Å². The van der Waals surface area contributed by atoms with Gasteiger partial charge in [-0.25, -0.2) is 0 Å². The van der Waals surface area contributed by atoms with Gasteiger partial charge >= 0.3 is 0 Å². The van der Waals surface area contributed by atoms with Crippen molar-refractivity contribution in [3.63, 3.8) is 0 Å². The highest BCUT2D eigenvalue weighted by Crippen LogP contribution is 2.22. The third-order valence-corrected chi connectivity index (χ3v) is 3.08. The smallest absolute Gasteiger partial charge is 0.0791 e. The molecule has 0 saturated carbocycles. The molecule has 3 nitrogen and oxygen atoms in total. The number of ether oxygens (including phenoxy) is 2. The predicted octanol–water partition coefficient (Wildman–Crippen LogP) is 3.15. The molecule has 1 rings (SSSR count). The molecule has 2 atom stereocenters. The third kappa shape index (κ3) is 5.72.